The molecule has 0 atom stereocenters. The molecule has 2 N–H and O–H groups in total. The number of H-pyrrole nitrogens is 1. The van der Waals surface area contributed by atoms with E-state index >= 15 is 0 Å². The van der Waals surface area contributed by atoms with Crippen LogP contribution in [0.25, 0.3) is 0 Å². The van der Waals surface area contributed by atoms with Crippen molar-refractivity contribution in [2.24, 2.45) is 0 Å². The van der Waals surface area contributed by atoms with Crippen molar-refractivity contribution in [2.75, 3.05) is 27.2 Å². The van der Waals surface area contributed by atoms with Crippen molar-refractivity contribution in [1.82, 2.24) is 20.4 Å². The van der Waals surface area contributed by atoms with Gasteiger partial charge in [0.1, 0.15) is 0 Å². The second-order valence-electron chi connectivity index (χ2n) is 4.80. The SMILES string of the molecule is CN(C)CCNC(=O)c1n[nH]c2c1CCCC2. The van der Waals surface area contributed by atoms with E-state index in [-0.39, 0.29) is 5.91 Å². The molecule has 0 bridgehead atoms. The van der Waals surface area contributed by atoms with Crippen molar-refractivity contribution in [3.8, 4) is 0 Å². The molecule has 0 aromatic carbocycles. The third-order valence-electron chi connectivity index (χ3n) is 3.12. The lowest BCUT2D eigenvalue weighted by atomic mass is 9.96. The van der Waals surface area contributed by atoms with Crippen LogP contribution in [0.4, 0.5) is 0 Å². The van der Waals surface area contributed by atoms with E-state index in [1.54, 1.807) is 0 Å². The molecule has 0 saturated heterocycles. The highest BCUT2D eigenvalue weighted by Gasteiger charge is 2.21. The van der Waals surface area contributed by atoms with Crippen molar-refractivity contribution in [3.05, 3.63) is 17.0 Å². The Balaban J connectivity index is 1.97. The number of carbonyl (C=O) groups is 1. The summed E-state index contributed by atoms with van der Waals surface area (Å²) in [5, 5.41) is 10.0. The molecule has 94 valence electrons. The summed E-state index contributed by atoms with van der Waals surface area (Å²) in [5.41, 5.74) is 2.87. The molecule has 1 amide bonds. The number of amides is 1. The monoisotopic (exact) mass is 236 g/mol. The Hall–Kier alpha value is -1.36. The minimum Gasteiger partial charge on any atom is -0.349 e. The van der Waals surface area contributed by atoms with Crippen LogP contribution < -0.4 is 5.32 Å². The fourth-order valence-electron chi connectivity index (χ4n) is 2.15. The molecule has 0 unspecified atom stereocenters. The number of aromatic nitrogens is 2. The number of hydrogen-bond donors (Lipinski definition) is 2. The first-order valence-electron chi connectivity index (χ1n) is 6.17. The molecule has 0 spiro atoms. The first-order chi connectivity index (χ1) is 8.18. The zero-order valence-corrected chi connectivity index (χ0v) is 10.5. The van der Waals surface area contributed by atoms with Crippen LogP contribution in [-0.2, 0) is 12.8 Å². The van der Waals surface area contributed by atoms with Crippen LogP contribution in [0.1, 0.15) is 34.6 Å². The van der Waals surface area contributed by atoms with Gasteiger partial charge in [0, 0.05) is 24.3 Å². The average molecular weight is 236 g/mol. The van der Waals surface area contributed by atoms with Gasteiger partial charge in [0.05, 0.1) is 0 Å². The minimum absolute atomic E-state index is 0.0498. The molecular weight excluding hydrogens is 216 g/mol. The molecule has 1 aromatic heterocycles. The predicted molar refractivity (Wildman–Crippen MR) is 66.1 cm³/mol. The lowest BCUT2D eigenvalue weighted by Crippen LogP contribution is -2.32. The van der Waals surface area contributed by atoms with E-state index in [9.17, 15) is 4.79 Å². The third kappa shape index (κ3) is 2.85. The molecule has 0 saturated carbocycles. The van der Waals surface area contributed by atoms with Gasteiger partial charge in [0.2, 0.25) is 0 Å². The molecular formula is C12H20N4O. The molecule has 5 heteroatoms. The Labute approximate surface area is 102 Å². The van der Waals surface area contributed by atoms with Crippen LogP contribution in [0.3, 0.4) is 0 Å². The Morgan fingerprint density at radius 2 is 2.18 bits per heavy atom. The second kappa shape index (κ2) is 5.31. The van der Waals surface area contributed by atoms with E-state index in [2.05, 4.69) is 15.5 Å². The van der Waals surface area contributed by atoms with Gasteiger partial charge in [-0.2, -0.15) is 5.10 Å². The Bertz CT molecular complexity index is 397. The molecule has 0 radical (unpaired) electrons. The van der Waals surface area contributed by atoms with Crippen LogP contribution in [0.5, 0.6) is 0 Å². The standard InChI is InChI=1S/C12H20N4O/c1-16(2)8-7-13-12(17)11-9-5-3-4-6-10(9)14-15-11/h3-8H2,1-2H3,(H,13,17)(H,14,15). The number of nitrogens with one attached hydrogen (secondary N) is 2. The third-order valence-corrected chi connectivity index (χ3v) is 3.12. The van der Waals surface area contributed by atoms with Gasteiger partial charge in [0.15, 0.2) is 5.69 Å². The van der Waals surface area contributed by atoms with Crippen LogP contribution in [0, 0.1) is 0 Å². The highest BCUT2D eigenvalue weighted by molar-refractivity contribution is 5.94. The molecule has 5 nitrogen and oxygen atoms in total. The zero-order chi connectivity index (χ0) is 12.3. The molecule has 1 aromatic rings. The largest absolute Gasteiger partial charge is 0.349 e. The number of fused-ring (bicyclic) bond motifs is 1. The molecule has 2 rings (SSSR count). The van der Waals surface area contributed by atoms with Gasteiger partial charge in [-0.25, -0.2) is 0 Å². The second-order valence-corrected chi connectivity index (χ2v) is 4.80. The van der Waals surface area contributed by atoms with Crippen molar-refractivity contribution >= 4 is 5.91 Å². The maximum absolute atomic E-state index is 11.9. The molecule has 0 aliphatic heterocycles. The number of hydrogen-bond acceptors (Lipinski definition) is 3. The number of rotatable bonds is 4. The van der Waals surface area contributed by atoms with E-state index in [1.165, 1.54) is 6.42 Å². The quantitative estimate of drug-likeness (QED) is 0.804. The van der Waals surface area contributed by atoms with Crippen molar-refractivity contribution < 1.29 is 4.79 Å². The van der Waals surface area contributed by atoms with Crippen molar-refractivity contribution in [3.63, 3.8) is 0 Å². The van der Waals surface area contributed by atoms with E-state index in [1.807, 2.05) is 19.0 Å². The predicted octanol–water partition coefficient (Wildman–Crippen LogP) is 0.580. The van der Waals surface area contributed by atoms with E-state index in [4.69, 9.17) is 0 Å². The summed E-state index contributed by atoms with van der Waals surface area (Å²) >= 11 is 0. The fourth-order valence-corrected chi connectivity index (χ4v) is 2.15. The topological polar surface area (TPSA) is 61.0 Å². The average Bonchev–Trinajstić information content (AvgIpc) is 2.72. The Morgan fingerprint density at radius 3 is 2.94 bits per heavy atom. The minimum atomic E-state index is -0.0498. The van der Waals surface area contributed by atoms with Gasteiger partial charge in [-0.3, -0.25) is 9.89 Å². The van der Waals surface area contributed by atoms with E-state index < -0.39 is 0 Å². The van der Waals surface area contributed by atoms with Gasteiger partial charge in [-0.05, 0) is 39.8 Å². The summed E-state index contributed by atoms with van der Waals surface area (Å²) in [7, 11) is 3.98. The maximum atomic E-state index is 11.9. The normalized spacial score (nSPS) is 14.8. The lowest BCUT2D eigenvalue weighted by Gasteiger charge is -2.12. The summed E-state index contributed by atoms with van der Waals surface area (Å²) in [6.45, 7) is 1.51. The number of likely N-dealkylation sites (N-methyl/N-ethyl adjacent to an activating group) is 1. The number of aromatic amines is 1. The van der Waals surface area contributed by atoms with Gasteiger partial charge in [-0.1, -0.05) is 0 Å². The van der Waals surface area contributed by atoms with Crippen molar-refractivity contribution in [2.45, 2.75) is 25.7 Å². The van der Waals surface area contributed by atoms with Gasteiger partial charge < -0.3 is 10.2 Å². The molecule has 1 heterocycles. The first-order valence-corrected chi connectivity index (χ1v) is 6.17. The summed E-state index contributed by atoms with van der Waals surface area (Å²) in [4.78, 5) is 14.0. The maximum Gasteiger partial charge on any atom is 0.272 e. The highest BCUT2D eigenvalue weighted by Crippen LogP contribution is 2.21. The van der Waals surface area contributed by atoms with Crippen LogP contribution in [-0.4, -0.2) is 48.2 Å². The summed E-state index contributed by atoms with van der Waals surface area (Å²) in [6, 6.07) is 0. The molecule has 17 heavy (non-hydrogen) atoms. The van der Waals surface area contributed by atoms with Gasteiger partial charge in [0.25, 0.3) is 5.91 Å². The van der Waals surface area contributed by atoms with Crippen molar-refractivity contribution in [1.29, 1.82) is 0 Å². The van der Waals surface area contributed by atoms with Crippen LogP contribution >= 0.6 is 0 Å². The molecule has 1 aliphatic carbocycles. The van der Waals surface area contributed by atoms with Gasteiger partial charge in [-0.15, -0.1) is 0 Å². The first kappa shape index (κ1) is 12.1. The lowest BCUT2D eigenvalue weighted by molar-refractivity contribution is 0.0945. The smallest absolute Gasteiger partial charge is 0.272 e. The fraction of sp³-hybridized carbons (Fsp3) is 0.667. The van der Waals surface area contributed by atoms with E-state index in [0.29, 0.717) is 12.2 Å². The van der Waals surface area contributed by atoms with Gasteiger partial charge >= 0.3 is 0 Å². The zero-order valence-electron chi connectivity index (χ0n) is 10.5. The molecule has 1 aliphatic rings. The summed E-state index contributed by atoms with van der Waals surface area (Å²) in [5.74, 6) is -0.0498. The Kier molecular flexibility index (Phi) is 3.78. The number of carbonyl (C=O) groups excluding carboxylic acids is 1. The summed E-state index contributed by atoms with van der Waals surface area (Å²) in [6.07, 6.45) is 4.34. The van der Waals surface area contributed by atoms with Crippen LogP contribution in [0.15, 0.2) is 0 Å². The Morgan fingerprint density at radius 1 is 1.41 bits per heavy atom. The number of nitrogens with zero attached hydrogens (tertiary/aromatic N) is 2. The van der Waals surface area contributed by atoms with Crippen LogP contribution in [0.2, 0.25) is 0 Å². The summed E-state index contributed by atoms with van der Waals surface area (Å²) < 4.78 is 0. The number of aryl methyl sites for hydroxylation is 1. The molecule has 0 fully saturated rings. The highest BCUT2D eigenvalue weighted by atomic mass is 16.1. The van der Waals surface area contributed by atoms with E-state index in [0.717, 1.165) is 37.1 Å².